The summed E-state index contributed by atoms with van der Waals surface area (Å²) in [6.45, 7) is 1.85. The number of thioether (sulfide) groups is 1. The number of nitro benzene ring substituents is 1. The van der Waals surface area contributed by atoms with Gasteiger partial charge in [0.25, 0.3) is 10.9 Å². The number of amides is 1. The van der Waals surface area contributed by atoms with Gasteiger partial charge in [0, 0.05) is 23.1 Å². The predicted molar refractivity (Wildman–Crippen MR) is 92.6 cm³/mol. The van der Waals surface area contributed by atoms with Gasteiger partial charge in [0.1, 0.15) is 0 Å². The predicted octanol–water partition coefficient (Wildman–Crippen LogP) is 3.14. The Morgan fingerprint density at radius 2 is 2.12 bits per heavy atom. The molecule has 1 amide bonds. The molecule has 3 rings (SSSR count). The molecule has 2 aromatic heterocycles. The molecule has 1 N–H and O–H groups in total. The van der Waals surface area contributed by atoms with Crippen molar-refractivity contribution in [2.24, 2.45) is 0 Å². The normalized spacial score (nSPS) is 10.6. The third-order valence-corrected chi connectivity index (χ3v) is 4.62. The van der Waals surface area contributed by atoms with Gasteiger partial charge in [0.15, 0.2) is 5.13 Å². The highest BCUT2D eigenvalue weighted by Gasteiger charge is 2.13. The van der Waals surface area contributed by atoms with Gasteiger partial charge in [-0.15, -0.1) is 21.5 Å². The van der Waals surface area contributed by atoms with E-state index in [0.717, 1.165) is 17.5 Å². The van der Waals surface area contributed by atoms with E-state index in [9.17, 15) is 14.9 Å². The Labute approximate surface area is 149 Å². The van der Waals surface area contributed by atoms with Crippen molar-refractivity contribution in [3.8, 4) is 11.5 Å². The molecule has 0 saturated heterocycles. The van der Waals surface area contributed by atoms with E-state index in [0.29, 0.717) is 10.7 Å². The Morgan fingerprint density at radius 3 is 2.76 bits per heavy atom. The second kappa shape index (κ2) is 7.40. The van der Waals surface area contributed by atoms with E-state index in [1.165, 1.54) is 35.6 Å². The Kier molecular flexibility index (Phi) is 5.05. The lowest BCUT2D eigenvalue weighted by Crippen LogP contribution is -2.13. The molecule has 0 atom stereocenters. The number of carbonyl (C=O) groups is 1. The van der Waals surface area contributed by atoms with Crippen LogP contribution in [0.25, 0.3) is 11.5 Å². The van der Waals surface area contributed by atoms with E-state index in [1.54, 1.807) is 0 Å². The molecule has 0 radical (unpaired) electrons. The van der Waals surface area contributed by atoms with Crippen molar-refractivity contribution in [2.75, 3.05) is 11.1 Å². The summed E-state index contributed by atoms with van der Waals surface area (Å²) in [6.07, 6.45) is 0. The molecule has 0 fully saturated rings. The van der Waals surface area contributed by atoms with Crippen LogP contribution in [-0.2, 0) is 4.79 Å². The minimum absolute atomic E-state index is 0.0213. The molecule has 128 valence electrons. The Hall–Kier alpha value is -2.79. The summed E-state index contributed by atoms with van der Waals surface area (Å²) in [5.41, 5.74) is 1.39. The minimum atomic E-state index is -0.485. The zero-order chi connectivity index (χ0) is 17.8. The van der Waals surface area contributed by atoms with Crippen LogP contribution in [-0.4, -0.2) is 31.8 Å². The number of non-ortho nitro benzene ring substituents is 1. The summed E-state index contributed by atoms with van der Waals surface area (Å²) in [7, 11) is 0. The number of carbonyl (C=O) groups excluding carboxylic acids is 1. The monoisotopic (exact) mass is 377 g/mol. The lowest BCUT2D eigenvalue weighted by molar-refractivity contribution is -0.384. The fraction of sp³-hybridized carbons (Fsp3) is 0.143. The van der Waals surface area contributed by atoms with Gasteiger partial charge in [-0.1, -0.05) is 11.8 Å². The quantitative estimate of drug-likeness (QED) is 0.395. The Bertz CT molecular complexity index is 906. The van der Waals surface area contributed by atoms with E-state index in [2.05, 4.69) is 20.5 Å². The van der Waals surface area contributed by atoms with Crippen molar-refractivity contribution in [3.05, 3.63) is 45.5 Å². The first-order valence-corrected chi connectivity index (χ1v) is 8.81. The number of nitrogens with one attached hydrogen (secondary N) is 1. The van der Waals surface area contributed by atoms with E-state index >= 15 is 0 Å². The van der Waals surface area contributed by atoms with Gasteiger partial charge in [-0.05, 0) is 19.1 Å². The standard InChI is InChI=1S/C14H11N5O4S2/c1-8-6-24-13(15-8)16-11(20)7-25-14-18-17-12(23-14)9-2-4-10(5-3-9)19(21)22/h2-6H,7H2,1H3,(H,15,16,20). The molecule has 0 saturated carbocycles. The van der Waals surface area contributed by atoms with Crippen LogP contribution in [0.5, 0.6) is 0 Å². The average Bonchev–Trinajstić information content (AvgIpc) is 3.22. The van der Waals surface area contributed by atoms with Crippen molar-refractivity contribution in [2.45, 2.75) is 12.1 Å². The van der Waals surface area contributed by atoms with Crippen molar-refractivity contribution in [3.63, 3.8) is 0 Å². The van der Waals surface area contributed by atoms with E-state index in [1.807, 2.05) is 12.3 Å². The first-order valence-electron chi connectivity index (χ1n) is 6.94. The van der Waals surface area contributed by atoms with Crippen LogP contribution in [0.1, 0.15) is 5.69 Å². The maximum Gasteiger partial charge on any atom is 0.277 e. The number of aryl methyl sites for hydroxylation is 1. The van der Waals surface area contributed by atoms with Crippen LogP contribution < -0.4 is 5.32 Å². The molecule has 0 spiro atoms. The highest BCUT2D eigenvalue weighted by Crippen LogP contribution is 2.25. The van der Waals surface area contributed by atoms with Gasteiger partial charge in [0.05, 0.1) is 16.4 Å². The van der Waals surface area contributed by atoms with Crippen molar-refractivity contribution < 1.29 is 14.1 Å². The Morgan fingerprint density at radius 1 is 1.36 bits per heavy atom. The van der Waals surface area contributed by atoms with Crippen LogP contribution in [0.4, 0.5) is 10.8 Å². The molecule has 0 bridgehead atoms. The van der Waals surface area contributed by atoms with Crippen LogP contribution >= 0.6 is 23.1 Å². The number of hydrogen-bond donors (Lipinski definition) is 1. The minimum Gasteiger partial charge on any atom is -0.411 e. The third kappa shape index (κ3) is 4.39. The smallest absolute Gasteiger partial charge is 0.277 e. The van der Waals surface area contributed by atoms with Gasteiger partial charge in [0.2, 0.25) is 11.8 Å². The maximum atomic E-state index is 11.9. The fourth-order valence-electron chi connectivity index (χ4n) is 1.80. The van der Waals surface area contributed by atoms with Crippen LogP contribution in [0.2, 0.25) is 0 Å². The molecule has 2 heterocycles. The van der Waals surface area contributed by atoms with Crippen molar-refractivity contribution in [1.29, 1.82) is 0 Å². The highest BCUT2D eigenvalue weighted by molar-refractivity contribution is 7.99. The number of thiazole rings is 1. The largest absolute Gasteiger partial charge is 0.411 e. The average molecular weight is 377 g/mol. The number of anilines is 1. The lowest BCUT2D eigenvalue weighted by atomic mass is 10.2. The number of rotatable bonds is 6. The first kappa shape index (κ1) is 17.0. The molecular formula is C14H11N5O4S2. The summed E-state index contributed by atoms with van der Waals surface area (Å²) >= 11 is 2.45. The molecule has 0 aliphatic carbocycles. The molecule has 0 aliphatic heterocycles. The number of aromatic nitrogens is 3. The fourth-order valence-corrected chi connectivity index (χ4v) is 3.07. The lowest BCUT2D eigenvalue weighted by Gasteiger charge is -1.98. The van der Waals surface area contributed by atoms with Crippen LogP contribution in [0.15, 0.2) is 39.3 Å². The van der Waals surface area contributed by atoms with Gasteiger partial charge in [-0.2, -0.15) is 0 Å². The van der Waals surface area contributed by atoms with Crippen LogP contribution in [0, 0.1) is 17.0 Å². The second-order valence-corrected chi connectivity index (χ2v) is 6.59. The third-order valence-electron chi connectivity index (χ3n) is 2.92. The number of hydrogen-bond acceptors (Lipinski definition) is 9. The molecule has 0 unspecified atom stereocenters. The van der Waals surface area contributed by atoms with Crippen LogP contribution in [0.3, 0.4) is 0 Å². The molecule has 25 heavy (non-hydrogen) atoms. The summed E-state index contributed by atoms with van der Waals surface area (Å²) in [5.74, 6) is 0.100. The van der Waals surface area contributed by atoms with E-state index in [-0.39, 0.29) is 28.5 Å². The topological polar surface area (TPSA) is 124 Å². The summed E-state index contributed by atoms with van der Waals surface area (Å²) in [5, 5.41) is 23.7. The van der Waals surface area contributed by atoms with Gasteiger partial charge in [-0.3, -0.25) is 14.9 Å². The van der Waals surface area contributed by atoms with E-state index in [4.69, 9.17) is 4.42 Å². The molecule has 9 nitrogen and oxygen atoms in total. The van der Waals surface area contributed by atoms with Crippen molar-refractivity contribution in [1.82, 2.24) is 15.2 Å². The molecule has 3 aromatic rings. The SMILES string of the molecule is Cc1csc(NC(=O)CSc2nnc(-c3ccc([N+](=O)[O-])cc3)o2)n1. The zero-order valence-electron chi connectivity index (χ0n) is 12.8. The number of nitro groups is 1. The number of nitrogens with zero attached hydrogens (tertiary/aromatic N) is 4. The molecular weight excluding hydrogens is 366 g/mol. The summed E-state index contributed by atoms with van der Waals surface area (Å²) in [6, 6.07) is 5.76. The summed E-state index contributed by atoms with van der Waals surface area (Å²) < 4.78 is 5.45. The Balaban J connectivity index is 1.58. The van der Waals surface area contributed by atoms with E-state index < -0.39 is 4.92 Å². The zero-order valence-corrected chi connectivity index (χ0v) is 14.5. The first-order chi connectivity index (χ1) is 12.0. The summed E-state index contributed by atoms with van der Waals surface area (Å²) in [4.78, 5) is 26.2. The second-order valence-electron chi connectivity index (χ2n) is 4.81. The molecule has 11 heteroatoms. The maximum absolute atomic E-state index is 11.9. The van der Waals surface area contributed by atoms with Gasteiger partial charge in [-0.25, -0.2) is 4.98 Å². The molecule has 0 aliphatic rings. The van der Waals surface area contributed by atoms with Crippen molar-refractivity contribution >= 4 is 39.8 Å². The van der Waals surface area contributed by atoms with Gasteiger partial charge < -0.3 is 9.73 Å². The highest BCUT2D eigenvalue weighted by atomic mass is 32.2. The number of benzene rings is 1. The van der Waals surface area contributed by atoms with Gasteiger partial charge >= 0.3 is 0 Å². The molecule has 1 aromatic carbocycles.